The average molecular weight is 442 g/mol. The van der Waals surface area contributed by atoms with Crippen molar-refractivity contribution in [3.63, 3.8) is 0 Å². The van der Waals surface area contributed by atoms with Gasteiger partial charge in [0.05, 0.1) is 12.8 Å². The van der Waals surface area contributed by atoms with E-state index >= 15 is 0 Å². The van der Waals surface area contributed by atoms with Crippen molar-refractivity contribution in [3.8, 4) is 27.6 Å². The predicted octanol–water partition coefficient (Wildman–Crippen LogP) is 5.32. The summed E-state index contributed by atoms with van der Waals surface area (Å²) >= 11 is 1.55. The summed E-state index contributed by atoms with van der Waals surface area (Å²) in [6.07, 6.45) is 1.77. The van der Waals surface area contributed by atoms with Crippen molar-refractivity contribution in [1.29, 1.82) is 0 Å². The van der Waals surface area contributed by atoms with Gasteiger partial charge in [-0.25, -0.2) is 9.97 Å². The van der Waals surface area contributed by atoms with Crippen LogP contribution in [0.15, 0.2) is 66.9 Å². The summed E-state index contributed by atoms with van der Waals surface area (Å²) in [4.78, 5) is 22.7. The van der Waals surface area contributed by atoms with Crippen molar-refractivity contribution in [2.45, 2.75) is 6.92 Å². The second-order valence-corrected chi connectivity index (χ2v) is 8.21. The fraction of sp³-hybridized carbons (Fsp3) is 0.0833. The number of benzene rings is 2. The SMILES string of the molecule is COc1cccc(-c2cc(C(=O)Nc3ccc(-c4nc5cccnc5s4)cc3C)[nH]n2)c1. The maximum absolute atomic E-state index is 12.8. The maximum atomic E-state index is 12.8. The lowest BCUT2D eigenvalue weighted by molar-refractivity contribution is 0.102. The Hall–Kier alpha value is -4.04. The van der Waals surface area contributed by atoms with Crippen LogP contribution in [-0.4, -0.2) is 33.2 Å². The fourth-order valence-electron chi connectivity index (χ4n) is 3.39. The van der Waals surface area contributed by atoms with Crippen molar-refractivity contribution >= 4 is 33.3 Å². The van der Waals surface area contributed by atoms with Crippen LogP contribution in [0.25, 0.3) is 32.2 Å². The molecule has 0 spiro atoms. The highest BCUT2D eigenvalue weighted by Gasteiger charge is 2.14. The number of rotatable bonds is 5. The molecule has 2 N–H and O–H groups in total. The lowest BCUT2D eigenvalue weighted by Gasteiger charge is -2.08. The quantitative estimate of drug-likeness (QED) is 0.385. The Morgan fingerprint density at radius 2 is 1.97 bits per heavy atom. The number of thiazole rings is 1. The zero-order valence-electron chi connectivity index (χ0n) is 17.4. The van der Waals surface area contributed by atoms with E-state index in [0.29, 0.717) is 11.4 Å². The summed E-state index contributed by atoms with van der Waals surface area (Å²) in [5.41, 5.74) is 5.46. The van der Waals surface area contributed by atoms with Gasteiger partial charge < -0.3 is 10.1 Å². The number of aromatic amines is 1. The molecule has 0 fully saturated rings. The second-order valence-electron chi connectivity index (χ2n) is 7.23. The van der Waals surface area contributed by atoms with E-state index in [1.807, 2.05) is 61.5 Å². The van der Waals surface area contributed by atoms with Gasteiger partial charge in [0, 0.05) is 23.0 Å². The number of amides is 1. The zero-order valence-corrected chi connectivity index (χ0v) is 18.2. The number of anilines is 1. The highest BCUT2D eigenvalue weighted by atomic mass is 32.1. The number of carbonyl (C=O) groups excluding carboxylic acids is 1. The van der Waals surface area contributed by atoms with Crippen LogP contribution in [0.5, 0.6) is 5.75 Å². The van der Waals surface area contributed by atoms with Gasteiger partial charge in [0.25, 0.3) is 5.91 Å². The molecule has 0 radical (unpaired) electrons. The van der Waals surface area contributed by atoms with Crippen molar-refractivity contribution in [1.82, 2.24) is 20.2 Å². The van der Waals surface area contributed by atoms with E-state index in [1.54, 1.807) is 30.7 Å². The Balaban J connectivity index is 1.35. The number of nitrogens with one attached hydrogen (secondary N) is 2. The minimum atomic E-state index is -0.258. The molecule has 0 aliphatic carbocycles. The first-order valence-electron chi connectivity index (χ1n) is 9.94. The average Bonchev–Trinajstić information content (AvgIpc) is 3.48. The molecule has 7 nitrogen and oxygen atoms in total. The molecular weight excluding hydrogens is 422 g/mol. The lowest BCUT2D eigenvalue weighted by atomic mass is 10.1. The minimum absolute atomic E-state index is 0.258. The largest absolute Gasteiger partial charge is 0.497 e. The van der Waals surface area contributed by atoms with Crippen molar-refractivity contribution in [2.24, 2.45) is 0 Å². The number of hydrogen-bond acceptors (Lipinski definition) is 6. The Morgan fingerprint density at radius 1 is 1.06 bits per heavy atom. The summed E-state index contributed by atoms with van der Waals surface area (Å²) in [7, 11) is 1.61. The highest BCUT2D eigenvalue weighted by molar-refractivity contribution is 7.21. The van der Waals surface area contributed by atoms with E-state index in [1.165, 1.54) is 0 Å². The predicted molar refractivity (Wildman–Crippen MR) is 126 cm³/mol. The first-order chi connectivity index (χ1) is 15.6. The normalized spacial score (nSPS) is 10.9. The van der Waals surface area contributed by atoms with E-state index in [4.69, 9.17) is 4.74 Å². The molecular formula is C24H19N5O2S. The molecule has 3 heterocycles. The van der Waals surface area contributed by atoms with Crippen LogP contribution >= 0.6 is 11.3 Å². The number of ether oxygens (including phenoxy) is 1. The summed E-state index contributed by atoms with van der Waals surface area (Å²) in [5.74, 6) is 0.475. The Kier molecular flexibility index (Phi) is 5.12. The van der Waals surface area contributed by atoms with Crippen molar-refractivity contribution in [3.05, 3.63) is 78.1 Å². The number of H-pyrrole nitrogens is 1. The molecule has 2 aromatic carbocycles. The molecule has 3 aromatic heterocycles. The number of methoxy groups -OCH3 is 1. The Labute approximate surface area is 188 Å². The number of aryl methyl sites for hydroxylation is 1. The van der Waals surface area contributed by atoms with Gasteiger partial charge in [0.1, 0.15) is 26.8 Å². The highest BCUT2D eigenvalue weighted by Crippen LogP contribution is 2.31. The number of aromatic nitrogens is 4. The molecule has 5 rings (SSSR count). The van der Waals surface area contributed by atoms with E-state index < -0.39 is 0 Å². The molecule has 0 saturated heterocycles. The number of carbonyl (C=O) groups is 1. The molecule has 0 aliphatic rings. The van der Waals surface area contributed by atoms with Crippen molar-refractivity contribution in [2.75, 3.05) is 12.4 Å². The van der Waals surface area contributed by atoms with Gasteiger partial charge in [-0.1, -0.05) is 23.5 Å². The third-order valence-electron chi connectivity index (χ3n) is 5.08. The van der Waals surface area contributed by atoms with Crippen LogP contribution in [0.1, 0.15) is 16.1 Å². The number of fused-ring (bicyclic) bond motifs is 1. The molecule has 0 bridgehead atoms. The lowest BCUT2D eigenvalue weighted by Crippen LogP contribution is -2.13. The molecule has 0 atom stereocenters. The summed E-state index contributed by atoms with van der Waals surface area (Å²) in [5, 5.41) is 10.9. The van der Waals surface area contributed by atoms with Crippen molar-refractivity contribution < 1.29 is 9.53 Å². The van der Waals surface area contributed by atoms with Crippen LogP contribution in [0.3, 0.4) is 0 Å². The molecule has 32 heavy (non-hydrogen) atoms. The number of pyridine rings is 1. The van der Waals surface area contributed by atoms with E-state index in [2.05, 4.69) is 25.5 Å². The first-order valence-corrected chi connectivity index (χ1v) is 10.8. The number of nitrogens with zero attached hydrogens (tertiary/aromatic N) is 3. The van der Waals surface area contributed by atoms with Gasteiger partial charge in [0.15, 0.2) is 0 Å². The maximum Gasteiger partial charge on any atom is 0.273 e. The van der Waals surface area contributed by atoms with E-state index in [-0.39, 0.29) is 5.91 Å². The fourth-order valence-corrected chi connectivity index (χ4v) is 4.29. The summed E-state index contributed by atoms with van der Waals surface area (Å²) in [6, 6.07) is 19.0. The Bertz CT molecular complexity index is 1410. The first kappa shape index (κ1) is 19.9. The second kappa shape index (κ2) is 8.24. The molecule has 0 saturated carbocycles. The third kappa shape index (κ3) is 3.83. The molecule has 1 amide bonds. The van der Waals surface area contributed by atoms with Crippen LogP contribution in [0, 0.1) is 6.92 Å². The van der Waals surface area contributed by atoms with Crippen LogP contribution in [-0.2, 0) is 0 Å². The minimum Gasteiger partial charge on any atom is -0.497 e. The molecule has 0 unspecified atom stereocenters. The van der Waals surface area contributed by atoms with Gasteiger partial charge in [-0.15, -0.1) is 0 Å². The van der Waals surface area contributed by atoms with Gasteiger partial charge in [-0.2, -0.15) is 5.10 Å². The molecule has 5 aromatic rings. The number of hydrogen-bond donors (Lipinski definition) is 2. The summed E-state index contributed by atoms with van der Waals surface area (Å²) in [6.45, 7) is 1.96. The third-order valence-corrected chi connectivity index (χ3v) is 6.10. The topological polar surface area (TPSA) is 92.8 Å². The van der Waals surface area contributed by atoms with Gasteiger partial charge >= 0.3 is 0 Å². The van der Waals surface area contributed by atoms with Crippen LogP contribution in [0.4, 0.5) is 5.69 Å². The van der Waals surface area contributed by atoms with Gasteiger partial charge in [-0.3, -0.25) is 9.89 Å². The smallest absolute Gasteiger partial charge is 0.273 e. The van der Waals surface area contributed by atoms with E-state index in [9.17, 15) is 4.79 Å². The van der Waals surface area contributed by atoms with E-state index in [0.717, 1.165) is 43.5 Å². The van der Waals surface area contributed by atoms with Gasteiger partial charge in [0.2, 0.25) is 0 Å². The zero-order chi connectivity index (χ0) is 22.1. The van der Waals surface area contributed by atoms with Crippen LogP contribution < -0.4 is 10.1 Å². The molecule has 0 aliphatic heterocycles. The monoisotopic (exact) mass is 441 g/mol. The molecule has 8 heteroatoms. The Morgan fingerprint density at radius 3 is 2.78 bits per heavy atom. The van der Waals surface area contributed by atoms with Gasteiger partial charge in [-0.05, 0) is 61.0 Å². The standard InChI is InChI=1S/C24H19N5O2S/c1-14-11-16(23-27-19-7-4-10-25-24(19)32-23)8-9-18(14)26-22(30)21-13-20(28-29-21)15-5-3-6-17(12-15)31-2/h3-13H,1-2H3,(H,26,30)(H,28,29). The van der Waals surface area contributed by atoms with Crippen LogP contribution in [0.2, 0.25) is 0 Å². The summed E-state index contributed by atoms with van der Waals surface area (Å²) < 4.78 is 5.26. The molecule has 158 valence electrons.